The molecule has 0 spiro atoms. The Morgan fingerprint density at radius 1 is 1.42 bits per heavy atom. The number of oxime groups is 1. The Bertz CT molecular complexity index is 1320. The molecule has 3 aliphatic heterocycles. The molecule has 0 radical (unpaired) electrons. The van der Waals surface area contributed by atoms with Gasteiger partial charge in [-0.2, -0.15) is 0 Å². The monoisotopic (exact) mass is 579 g/mol. The number of aliphatic imine (C=N–C) groups is 1. The van der Waals surface area contributed by atoms with Crippen LogP contribution in [0.1, 0.15) is 19.5 Å². The number of nitrogen functional groups attached to an aromatic ring is 1. The Kier molecular flexibility index (Phi) is 7.73. The molecule has 14 nitrogen and oxygen atoms in total. The highest BCUT2D eigenvalue weighted by Crippen LogP contribution is 2.46. The third-order valence-electron chi connectivity index (χ3n) is 5.90. The molecular formula is C21H25N9O5S3. The quantitative estimate of drug-likeness (QED) is 0.107. The minimum atomic E-state index is -1.69. The summed E-state index contributed by atoms with van der Waals surface area (Å²) in [5, 5.41) is 18.6. The van der Waals surface area contributed by atoms with Gasteiger partial charge in [0.25, 0.3) is 11.8 Å². The molecule has 1 fully saturated rings. The molecule has 3 atom stereocenters. The van der Waals surface area contributed by atoms with E-state index in [9.17, 15) is 19.5 Å². The molecule has 3 aliphatic rings. The van der Waals surface area contributed by atoms with Crippen LogP contribution in [0.2, 0.25) is 0 Å². The number of nitrogens with one attached hydrogen (secondary N) is 1. The predicted molar refractivity (Wildman–Crippen MR) is 147 cm³/mol. The Morgan fingerprint density at radius 3 is 2.74 bits per heavy atom. The van der Waals surface area contributed by atoms with Gasteiger partial charge < -0.3 is 37.4 Å². The maximum Gasteiger partial charge on any atom is 0.353 e. The molecule has 0 aliphatic carbocycles. The molecule has 17 heteroatoms. The number of amidine groups is 1. The molecule has 2 unspecified atom stereocenters. The Labute approximate surface area is 230 Å². The van der Waals surface area contributed by atoms with Crippen molar-refractivity contribution in [3.8, 4) is 0 Å². The molecule has 8 N–H and O–H groups in total. The van der Waals surface area contributed by atoms with Crippen LogP contribution in [0.25, 0.3) is 0 Å². The molecule has 0 aromatic carbocycles. The van der Waals surface area contributed by atoms with Crippen molar-refractivity contribution in [2.75, 3.05) is 24.6 Å². The van der Waals surface area contributed by atoms with Crippen molar-refractivity contribution < 1.29 is 24.3 Å². The molecule has 1 aromatic rings. The van der Waals surface area contributed by atoms with Crippen LogP contribution in [0.5, 0.6) is 0 Å². The molecule has 1 saturated heterocycles. The lowest BCUT2D eigenvalue weighted by molar-refractivity contribution is -0.153. The zero-order chi connectivity index (χ0) is 27.8. The summed E-state index contributed by atoms with van der Waals surface area (Å²) in [5.74, 6) is -2.32. The SMILES string of the molecule is CCO/N=C(\C(=O)NC1(C=S)C(=O)N2C(C(=O)O)=C(C3=NC(N)=CC(N)N3CC)CS[C@H]21)c1csc(N)n1. The van der Waals surface area contributed by atoms with Gasteiger partial charge in [-0.1, -0.05) is 17.4 Å². The number of nitrogens with two attached hydrogens (primary N) is 3. The summed E-state index contributed by atoms with van der Waals surface area (Å²) in [6, 6.07) is 0. The summed E-state index contributed by atoms with van der Waals surface area (Å²) >= 11 is 7.50. The average Bonchev–Trinajstić information content (AvgIpc) is 3.31. The molecule has 4 heterocycles. The first-order chi connectivity index (χ1) is 18.1. The van der Waals surface area contributed by atoms with E-state index in [0.717, 1.165) is 21.6 Å². The number of carboxylic acid groups (broad SMARTS) is 1. The van der Waals surface area contributed by atoms with Crippen LogP contribution < -0.4 is 22.5 Å². The number of thiazole rings is 1. The smallest absolute Gasteiger partial charge is 0.353 e. The van der Waals surface area contributed by atoms with Crippen LogP contribution in [0.3, 0.4) is 0 Å². The van der Waals surface area contributed by atoms with E-state index >= 15 is 0 Å². The summed E-state index contributed by atoms with van der Waals surface area (Å²) in [7, 11) is 0. The second kappa shape index (κ2) is 10.7. The first-order valence-corrected chi connectivity index (χ1v) is 13.7. The fourth-order valence-corrected chi connectivity index (χ4v) is 6.57. The number of aromatic nitrogens is 1. The maximum atomic E-state index is 13.6. The van der Waals surface area contributed by atoms with Crippen LogP contribution in [0.4, 0.5) is 5.13 Å². The van der Waals surface area contributed by atoms with E-state index in [1.54, 1.807) is 17.9 Å². The van der Waals surface area contributed by atoms with E-state index in [2.05, 4.69) is 20.4 Å². The van der Waals surface area contributed by atoms with Crippen molar-refractivity contribution in [2.24, 2.45) is 21.6 Å². The van der Waals surface area contributed by atoms with Crippen molar-refractivity contribution >= 4 is 75.1 Å². The topological polar surface area (TPSA) is 215 Å². The van der Waals surface area contributed by atoms with E-state index in [4.69, 9.17) is 34.3 Å². The molecule has 38 heavy (non-hydrogen) atoms. The lowest BCUT2D eigenvalue weighted by Crippen LogP contribution is -2.81. The molecule has 202 valence electrons. The Hall–Kier alpha value is -3.54. The zero-order valence-corrected chi connectivity index (χ0v) is 22.7. The highest BCUT2D eigenvalue weighted by molar-refractivity contribution is 8.00. The molecule has 0 bridgehead atoms. The lowest BCUT2D eigenvalue weighted by atomic mass is 9.87. The average molecular weight is 580 g/mol. The van der Waals surface area contributed by atoms with Gasteiger partial charge in [0.15, 0.2) is 16.4 Å². The zero-order valence-electron chi connectivity index (χ0n) is 20.3. The number of hydrogen-bond acceptors (Lipinski definition) is 14. The number of anilines is 1. The first kappa shape index (κ1) is 27.5. The number of hydrogen-bond donors (Lipinski definition) is 5. The van der Waals surface area contributed by atoms with Crippen molar-refractivity contribution in [3.05, 3.63) is 34.2 Å². The maximum absolute atomic E-state index is 13.6. The number of likely N-dealkylation sites (N-methyl/N-ethyl adjacent to an activating group) is 1. The fraction of sp³-hybridized carbons (Fsp3) is 0.381. The number of carboxylic acids is 1. The number of nitrogens with zero attached hydrogens (tertiary/aromatic N) is 5. The summed E-state index contributed by atoms with van der Waals surface area (Å²) in [6.45, 7) is 4.12. The third kappa shape index (κ3) is 4.50. The molecular weight excluding hydrogens is 554 g/mol. The standard InChI is InChI=1S/C21H25N9O5S3/c1-3-29-12(23)5-11(22)26-15(29)9-6-37-19-21(8-36,18(34)30(19)14(9)17(32)33)27-16(31)13(28-35-4-2)10-7-38-20(24)25-10/h5,7-8,12,19H,3-4,6,22-23H2,1-2H3,(H2,24,25)(H,27,31)(H,32,33)/b28-13-/t12?,19-,21?/m0/s1. The number of thioether (sulfide) groups is 1. The van der Waals surface area contributed by atoms with Gasteiger partial charge >= 0.3 is 5.97 Å². The van der Waals surface area contributed by atoms with Gasteiger partial charge in [-0.15, -0.1) is 23.1 Å². The summed E-state index contributed by atoms with van der Waals surface area (Å²) in [5.41, 5.74) is 16.0. The van der Waals surface area contributed by atoms with Gasteiger partial charge in [0, 0.05) is 28.6 Å². The second-order valence-corrected chi connectivity index (χ2v) is 10.3. The highest BCUT2D eigenvalue weighted by atomic mass is 32.2. The Morgan fingerprint density at radius 2 is 2.16 bits per heavy atom. The number of aliphatic carboxylic acids is 1. The third-order valence-corrected chi connectivity index (χ3v) is 8.30. The Balaban J connectivity index is 1.70. The van der Waals surface area contributed by atoms with Gasteiger partial charge in [0.05, 0.1) is 0 Å². The van der Waals surface area contributed by atoms with Crippen molar-refractivity contribution in [1.29, 1.82) is 0 Å². The summed E-state index contributed by atoms with van der Waals surface area (Å²) in [6.07, 6.45) is 0.929. The van der Waals surface area contributed by atoms with E-state index in [-0.39, 0.29) is 51.8 Å². The highest BCUT2D eigenvalue weighted by Gasteiger charge is 2.65. The van der Waals surface area contributed by atoms with Crippen LogP contribution in [0, 0.1) is 0 Å². The number of fused-ring (bicyclic) bond motifs is 1. The van der Waals surface area contributed by atoms with Gasteiger partial charge in [-0.25, -0.2) is 14.8 Å². The predicted octanol–water partition coefficient (Wildman–Crippen LogP) is -0.607. The summed E-state index contributed by atoms with van der Waals surface area (Å²) < 4.78 is 0. The number of carbonyl (C=O) groups excluding carboxylic acids is 2. The first-order valence-electron chi connectivity index (χ1n) is 11.3. The van der Waals surface area contributed by atoms with Crippen molar-refractivity contribution in [3.63, 3.8) is 0 Å². The van der Waals surface area contributed by atoms with E-state index in [1.165, 1.54) is 17.1 Å². The lowest BCUT2D eigenvalue weighted by Gasteiger charge is -2.55. The van der Waals surface area contributed by atoms with Gasteiger partial charge in [-0.3, -0.25) is 14.5 Å². The largest absolute Gasteiger partial charge is 0.477 e. The molecule has 1 aromatic heterocycles. The number of amides is 2. The minimum Gasteiger partial charge on any atom is -0.477 e. The molecule has 2 amide bonds. The van der Waals surface area contributed by atoms with Crippen molar-refractivity contribution in [2.45, 2.75) is 30.9 Å². The second-order valence-electron chi connectivity index (χ2n) is 8.14. The number of β-lactam (4-membered cyclic amide) rings is 1. The van der Waals surface area contributed by atoms with Gasteiger partial charge in [-0.05, 0) is 19.9 Å². The van der Waals surface area contributed by atoms with E-state index in [0.29, 0.717) is 6.54 Å². The van der Waals surface area contributed by atoms with Crippen LogP contribution in [-0.2, 0) is 19.2 Å². The minimum absolute atomic E-state index is 0.134. The van der Waals surface area contributed by atoms with E-state index in [1.807, 2.05) is 6.92 Å². The van der Waals surface area contributed by atoms with Crippen LogP contribution >= 0.6 is 35.3 Å². The fourth-order valence-electron chi connectivity index (χ4n) is 4.21. The van der Waals surface area contributed by atoms with Gasteiger partial charge in [0.1, 0.15) is 41.2 Å². The molecule has 0 saturated carbocycles. The van der Waals surface area contributed by atoms with Crippen LogP contribution in [0.15, 0.2) is 38.7 Å². The number of rotatable bonds is 9. The van der Waals surface area contributed by atoms with E-state index < -0.39 is 34.9 Å². The summed E-state index contributed by atoms with van der Waals surface area (Å²) in [4.78, 5) is 55.5. The van der Waals surface area contributed by atoms with Crippen molar-refractivity contribution in [1.82, 2.24) is 20.1 Å². The normalized spacial score (nSPS) is 25.2. The van der Waals surface area contributed by atoms with Crippen LogP contribution in [-0.4, -0.2) is 90.6 Å². The number of thiocarbonyl (C=S) groups is 1. The van der Waals surface area contributed by atoms with Gasteiger partial charge in [0.2, 0.25) is 0 Å². The number of carbonyl (C=O) groups is 3. The molecule has 4 rings (SSSR count).